The number of carbonyl (C=O) groups excluding carboxylic acids is 1. The Morgan fingerprint density at radius 1 is 0.808 bits per heavy atom. The van der Waals surface area contributed by atoms with Crippen LogP contribution in [0.15, 0.2) is 66.2 Å². The standard InChI is InChI=1S/C24H24O2/c25-24(18-11-12-18)26-21-15-19-13-14-20(21)23(19)22(16-7-3-1-4-8-16)17-9-5-2-6-10-17/h1-10,18-21H,11-15H2/t19-,20+,21+/m0/s1. The molecule has 3 fully saturated rings. The van der Waals surface area contributed by atoms with Crippen molar-refractivity contribution in [3.05, 3.63) is 77.4 Å². The highest BCUT2D eigenvalue weighted by Crippen LogP contribution is 2.54. The molecule has 0 saturated heterocycles. The minimum absolute atomic E-state index is 0.0443. The Balaban J connectivity index is 1.56. The smallest absolute Gasteiger partial charge is 0.309 e. The third-order valence-corrected chi connectivity index (χ3v) is 6.22. The Bertz CT molecular complexity index is 792. The van der Waals surface area contributed by atoms with Crippen molar-refractivity contribution in [3.8, 4) is 0 Å². The molecular weight excluding hydrogens is 320 g/mol. The van der Waals surface area contributed by atoms with Crippen LogP contribution < -0.4 is 0 Å². The minimum atomic E-state index is 0.0443. The van der Waals surface area contributed by atoms with Crippen molar-refractivity contribution < 1.29 is 9.53 Å². The zero-order chi connectivity index (χ0) is 17.5. The van der Waals surface area contributed by atoms with E-state index in [1.165, 1.54) is 28.7 Å². The molecule has 3 atom stereocenters. The van der Waals surface area contributed by atoms with Crippen LogP contribution in [0.1, 0.15) is 43.2 Å². The molecule has 2 aromatic rings. The van der Waals surface area contributed by atoms with E-state index < -0.39 is 0 Å². The fourth-order valence-electron chi connectivity index (χ4n) is 4.86. The second kappa shape index (κ2) is 6.42. The highest BCUT2D eigenvalue weighted by atomic mass is 16.5. The Hall–Kier alpha value is -2.35. The van der Waals surface area contributed by atoms with E-state index in [4.69, 9.17) is 4.74 Å². The zero-order valence-electron chi connectivity index (χ0n) is 14.9. The minimum Gasteiger partial charge on any atom is -0.461 e. The molecule has 26 heavy (non-hydrogen) atoms. The summed E-state index contributed by atoms with van der Waals surface area (Å²) >= 11 is 0. The number of rotatable bonds is 4. The van der Waals surface area contributed by atoms with Gasteiger partial charge in [0.1, 0.15) is 6.10 Å². The van der Waals surface area contributed by atoms with Crippen LogP contribution in [0.5, 0.6) is 0 Å². The first-order valence-corrected chi connectivity index (χ1v) is 9.86. The first-order chi connectivity index (χ1) is 12.8. The van der Waals surface area contributed by atoms with Crippen LogP contribution in [0.2, 0.25) is 0 Å². The summed E-state index contributed by atoms with van der Waals surface area (Å²) in [5, 5.41) is 0. The Morgan fingerprint density at radius 2 is 1.42 bits per heavy atom. The van der Waals surface area contributed by atoms with Crippen molar-refractivity contribution in [3.63, 3.8) is 0 Å². The van der Waals surface area contributed by atoms with Gasteiger partial charge < -0.3 is 4.74 Å². The quantitative estimate of drug-likeness (QED) is 0.709. The first kappa shape index (κ1) is 15.9. The lowest BCUT2D eigenvalue weighted by Gasteiger charge is -2.22. The van der Waals surface area contributed by atoms with Gasteiger partial charge in [-0.15, -0.1) is 0 Å². The van der Waals surface area contributed by atoms with E-state index in [2.05, 4.69) is 60.7 Å². The van der Waals surface area contributed by atoms with Gasteiger partial charge in [-0.1, -0.05) is 66.2 Å². The van der Waals surface area contributed by atoms with Gasteiger partial charge >= 0.3 is 5.97 Å². The Labute approximate surface area is 154 Å². The highest BCUT2D eigenvalue weighted by Gasteiger charge is 2.48. The van der Waals surface area contributed by atoms with E-state index in [1.807, 2.05) is 0 Å². The molecule has 0 heterocycles. The van der Waals surface area contributed by atoms with Gasteiger partial charge in [-0.3, -0.25) is 4.79 Å². The summed E-state index contributed by atoms with van der Waals surface area (Å²) in [6.45, 7) is 0. The summed E-state index contributed by atoms with van der Waals surface area (Å²) in [5.74, 6) is 1.16. The molecule has 0 spiro atoms. The zero-order valence-corrected chi connectivity index (χ0v) is 14.9. The fraction of sp³-hybridized carbons (Fsp3) is 0.375. The summed E-state index contributed by atoms with van der Waals surface area (Å²) < 4.78 is 5.95. The van der Waals surface area contributed by atoms with Gasteiger partial charge in [-0.05, 0) is 54.7 Å². The lowest BCUT2D eigenvalue weighted by atomic mass is 9.88. The lowest BCUT2D eigenvalue weighted by molar-refractivity contribution is -0.152. The summed E-state index contributed by atoms with van der Waals surface area (Å²) in [6, 6.07) is 21.4. The monoisotopic (exact) mass is 344 g/mol. The maximum atomic E-state index is 12.2. The Kier molecular flexibility index (Phi) is 3.92. The van der Waals surface area contributed by atoms with Crippen LogP contribution in [0.25, 0.3) is 5.57 Å². The van der Waals surface area contributed by atoms with Gasteiger partial charge in [-0.2, -0.15) is 0 Å². The van der Waals surface area contributed by atoms with Crippen LogP contribution in [0.3, 0.4) is 0 Å². The molecule has 2 heteroatoms. The van der Waals surface area contributed by atoms with E-state index in [9.17, 15) is 4.79 Å². The molecule has 0 unspecified atom stereocenters. The van der Waals surface area contributed by atoms with Crippen LogP contribution >= 0.6 is 0 Å². The molecule has 2 aromatic carbocycles. The number of carbonyl (C=O) groups is 1. The van der Waals surface area contributed by atoms with Gasteiger partial charge in [0.15, 0.2) is 0 Å². The average molecular weight is 344 g/mol. The van der Waals surface area contributed by atoms with Gasteiger partial charge in [0.05, 0.1) is 5.92 Å². The first-order valence-electron chi connectivity index (χ1n) is 9.86. The topological polar surface area (TPSA) is 26.3 Å². The SMILES string of the molecule is O=C(O[C@@H]1C[C@@H]2CC[C@H]1C2=C(c1ccccc1)c1ccccc1)C1CC1. The van der Waals surface area contributed by atoms with E-state index in [-0.39, 0.29) is 18.0 Å². The number of fused-ring (bicyclic) bond motifs is 2. The van der Waals surface area contributed by atoms with Crippen LogP contribution in [0.4, 0.5) is 0 Å². The van der Waals surface area contributed by atoms with Gasteiger partial charge in [-0.25, -0.2) is 0 Å². The number of hydrogen-bond donors (Lipinski definition) is 0. The second-order valence-corrected chi connectivity index (χ2v) is 7.93. The third-order valence-electron chi connectivity index (χ3n) is 6.22. The van der Waals surface area contributed by atoms with Gasteiger partial charge in [0.25, 0.3) is 0 Å². The molecule has 5 rings (SSSR count). The van der Waals surface area contributed by atoms with E-state index in [1.54, 1.807) is 0 Å². The molecule has 3 aliphatic rings. The maximum absolute atomic E-state index is 12.2. The largest absolute Gasteiger partial charge is 0.461 e. The predicted octanol–water partition coefficient (Wildman–Crippen LogP) is 5.24. The average Bonchev–Trinajstić information content (AvgIpc) is 3.41. The van der Waals surface area contributed by atoms with Crippen molar-refractivity contribution in [2.75, 3.05) is 0 Å². The second-order valence-electron chi connectivity index (χ2n) is 7.93. The van der Waals surface area contributed by atoms with Crippen molar-refractivity contribution in [1.82, 2.24) is 0 Å². The van der Waals surface area contributed by atoms with Crippen molar-refractivity contribution in [2.45, 2.75) is 38.2 Å². The van der Waals surface area contributed by atoms with E-state index in [0.717, 1.165) is 25.7 Å². The third kappa shape index (κ3) is 2.78. The summed E-state index contributed by atoms with van der Waals surface area (Å²) in [6.07, 6.45) is 5.48. The molecule has 0 amide bonds. The van der Waals surface area contributed by atoms with Crippen molar-refractivity contribution in [2.24, 2.45) is 17.8 Å². The highest BCUT2D eigenvalue weighted by molar-refractivity contribution is 5.83. The van der Waals surface area contributed by atoms with Crippen LogP contribution in [-0.2, 0) is 9.53 Å². The summed E-state index contributed by atoms with van der Waals surface area (Å²) in [5.41, 5.74) is 5.44. The normalized spacial score (nSPS) is 26.8. The molecule has 3 saturated carbocycles. The Morgan fingerprint density at radius 3 is 2.00 bits per heavy atom. The van der Waals surface area contributed by atoms with Crippen LogP contribution in [-0.4, -0.2) is 12.1 Å². The maximum Gasteiger partial charge on any atom is 0.309 e. The molecule has 132 valence electrons. The molecule has 2 nitrogen and oxygen atoms in total. The van der Waals surface area contributed by atoms with Gasteiger partial charge in [0.2, 0.25) is 0 Å². The number of esters is 1. The molecule has 0 N–H and O–H groups in total. The summed E-state index contributed by atoms with van der Waals surface area (Å²) in [7, 11) is 0. The van der Waals surface area contributed by atoms with E-state index in [0.29, 0.717) is 11.8 Å². The molecule has 3 aliphatic carbocycles. The molecule has 0 aromatic heterocycles. The van der Waals surface area contributed by atoms with Gasteiger partial charge in [0, 0.05) is 5.92 Å². The summed E-state index contributed by atoms with van der Waals surface area (Å²) in [4.78, 5) is 12.2. The molecule has 0 aliphatic heterocycles. The fourth-order valence-corrected chi connectivity index (χ4v) is 4.86. The van der Waals surface area contributed by atoms with Crippen LogP contribution in [0, 0.1) is 17.8 Å². The lowest BCUT2D eigenvalue weighted by Crippen LogP contribution is -2.25. The number of benzene rings is 2. The molecule has 0 radical (unpaired) electrons. The number of ether oxygens (including phenoxy) is 1. The predicted molar refractivity (Wildman–Crippen MR) is 102 cm³/mol. The number of hydrogen-bond acceptors (Lipinski definition) is 2. The van der Waals surface area contributed by atoms with Crippen molar-refractivity contribution >= 4 is 11.5 Å². The van der Waals surface area contributed by atoms with E-state index >= 15 is 0 Å². The van der Waals surface area contributed by atoms with Crippen molar-refractivity contribution in [1.29, 1.82) is 0 Å². The molecular formula is C24H24O2. The molecule has 2 bridgehead atoms.